The van der Waals surface area contributed by atoms with Gasteiger partial charge in [0, 0.05) is 48.5 Å². The molecule has 1 fully saturated rings. The Balaban J connectivity index is 3.26. The molecule has 0 bridgehead atoms. The van der Waals surface area contributed by atoms with Crippen LogP contribution in [0.15, 0.2) is 12.2 Å². The molecule has 0 aliphatic carbocycles. The lowest BCUT2D eigenvalue weighted by Gasteiger charge is -2.44. The van der Waals surface area contributed by atoms with Crippen LogP contribution in [0.2, 0.25) is 0 Å². The molecule has 18 heteroatoms. The van der Waals surface area contributed by atoms with E-state index in [1.54, 1.807) is 0 Å². The van der Waals surface area contributed by atoms with Crippen molar-refractivity contribution in [3.8, 4) is 0 Å². The molecule has 0 spiro atoms. The molecule has 0 radical (unpaired) electrons. The Morgan fingerprint density at radius 3 is 1.26 bits per heavy atom. The zero-order chi connectivity index (χ0) is 60.8. The average molecular weight is 1170 g/mol. The van der Waals surface area contributed by atoms with E-state index in [4.69, 9.17) is 42.6 Å². The molecule has 0 aromatic carbocycles. The van der Waals surface area contributed by atoms with Gasteiger partial charge >= 0.3 is 41.8 Å². The predicted molar refractivity (Wildman–Crippen MR) is 314 cm³/mol. The van der Waals surface area contributed by atoms with Gasteiger partial charge in [-0.15, -0.1) is 0 Å². The molecule has 1 heterocycles. The van der Waals surface area contributed by atoms with E-state index in [-0.39, 0.29) is 12.8 Å². The summed E-state index contributed by atoms with van der Waals surface area (Å²) in [7, 11) is 0. The van der Waals surface area contributed by atoms with Gasteiger partial charge in [-0.05, 0) is 44.9 Å². The van der Waals surface area contributed by atoms with Gasteiger partial charge in [-0.1, -0.05) is 199 Å². The number of hydrogen-bond acceptors (Lipinski definition) is 17. The van der Waals surface area contributed by atoms with Crippen molar-refractivity contribution in [1.29, 1.82) is 0 Å². The Morgan fingerprint density at radius 1 is 0.427 bits per heavy atom. The summed E-state index contributed by atoms with van der Waals surface area (Å²) in [5.74, 6) is -6.18. The van der Waals surface area contributed by atoms with Crippen molar-refractivity contribution in [2.24, 2.45) is 0 Å². The molecule has 1 aliphatic rings. The maximum atomic E-state index is 14.5. The molecule has 0 aromatic rings. The predicted octanol–water partition coefficient (Wildman–Crippen LogP) is 13.2. The van der Waals surface area contributed by atoms with Crippen molar-refractivity contribution in [2.75, 3.05) is 13.2 Å². The molecule has 1 rings (SSSR count). The maximum absolute atomic E-state index is 14.5. The molecule has 1 saturated heterocycles. The summed E-state index contributed by atoms with van der Waals surface area (Å²) < 4.78 is 51.8. The lowest BCUT2D eigenvalue weighted by atomic mass is 9.97. The van der Waals surface area contributed by atoms with Gasteiger partial charge in [-0.25, -0.2) is 0 Å². The Hall–Kier alpha value is -4.58. The second-order valence-corrected chi connectivity index (χ2v) is 22.4. The SMILES string of the molecule is CCCCCCCCC/C=C\CCC[C@@H](OC(C)=O)[C@@H](OC(C)=O)[C@H](CO[C@@H]1O[C@H](COC(C)=O)[C@@H](OC(C)=O)[C@H](OC(C)=O)[C@H]1OC(C)=O)NC(=O)C(CCCCCCCCCCCCCCCCCCCCCCCC)OC(C)=O. The van der Waals surface area contributed by atoms with Crippen molar-refractivity contribution in [3.63, 3.8) is 0 Å². The normalized spacial score (nSPS) is 18.4. The second-order valence-electron chi connectivity index (χ2n) is 22.4. The van der Waals surface area contributed by atoms with Gasteiger partial charge in [0.2, 0.25) is 0 Å². The van der Waals surface area contributed by atoms with E-state index >= 15 is 0 Å². The lowest BCUT2D eigenvalue weighted by molar-refractivity contribution is -0.310. The zero-order valence-electron chi connectivity index (χ0n) is 52.2. The summed E-state index contributed by atoms with van der Waals surface area (Å²) >= 11 is 0. The molecule has 1 N–H and O–H groups in total. The van der Waals surface area contributed by atoms with Crippen LogP contribution in [0.25, 0.3) is 0 Å². The lowest BCUT2D eigenvalue weighted by Crippen LogP contribution is -2.63. The average Bonchev–Trinajstić information content (AvgIpc) is 3.62. The second kappa shape index (κ2) is 48.8. The van der Waals surface area contributed by atoms with E-state index in [0.717, 1.165) is 79.6 Å². The monoisotopic (exact) mass is 1170 g/mol. The van der Waals surface area contributed by atoms with Crippen LogP contribution in [0.5, 0.6) is 0 Å². The number of esters is 7. The van der Waals surface area contributed by atoms with Crippen LogP contribution in [0, 0.1) is 0 Å². The number of allylic oxidation sites excluding steroid dienone is 2. The van der Waals surface area contributed by atoms with E-state index in [1.807, 2.05) is 0 Å². The molecule has 18 nitrogen and oxygen atoms in total. The summed E-state index contributed by atoms with van der Waals surface area (Å²) in [6.07, 6.45) is 30.4. The maximum Gasteiger partial charge on any atom is 0.303 e. The van der Waals surface area contributed by atoms with Gasteiger partial charge in [-0.2, -0.15) is 0 Å². The third-order valence-corrected chi connectivity index (χ3v) is 14.5. The third kappa shape index (κ3) is 39.1. The van der Waals surface area contributed by atoms with E-state index in [1.165, 1.54) is 155 Å². The summed E-state index contributed by atoms with van der Waals surface area (Å²) in [6.45, 7) is 11.3. The van der Waals surface area contributed by atoms with Crippen LogP contribution in [-0.4, -0.2) is 116 Å². The van der Waals surface area contributed by atoms with Crippen molar-refractivity contribution in [3.05, 3.63) is 12.2 Å². The van der Waals surface area contributed by atoms with Gasteiger partial charge in [0.1, 0.15) is 18.8 Å². The Labute approximate surface area is 493 Å². The van der Waals surface area contributed by atoms with Crippen LogP contribution in [-0.2, 0) is 81.0 Å². The largest absolute Gasteiger partial charge is 0.463 e. The zero-order valence-corrected chi connectivity index (χ0v) is 52.2. The Bertz CT molecular complexity index is 1790. The quantitative estimate of drug-likeness (QED) is 0.0258. The molecule has 0 aromatic heterocycles. The topological polar surface area (TPSA) is 232 Å². The number of ether oxygens (including phenoxy) is 9. The van der Waals surface area contributed by atoms with Gasteiger partial charge in [-0.3, -0.25) is 38.4 Å². The molecule has 474 valence electrons. The van der Waals surface area contributed by atoms with Crippen LogP contribution < -0.4 is 5.32 Å². The fourth-order valence-corrected chi connectivity index (χ4v) is 10.4. The number of carbonyl (C=O) groups excluding carboxylic acids is 8. The summed E-state index contributed by atoms with van der Waals surface area (Å²) in [5, 5.41) is 2.86. The minimum absolute atomic E-state index is 0.175. The molecule has 9 atom stereocenters. The van der Waals surface area contributed by atoms with Crippen LogP contribution in [0.1, 0.15) is 281 Å². The van der Waals surface area contributed by atoms with Crippen LogP contribution >= 0.6 is 0 Å². The van der Waals surface area contributed by atoms with Gasteiger partial charge in [0.15, 0.2) is 36.8 Å². The molecule has 1 unspecified atom stereocenters. The van der Waals surface area contributed by atoms with E-state index < -0.39 is 116 Å². The number of carbonyl (C=O) groups is 8. The standard InChI is InChI=1S/C64H111NO17/c1-10-12-14-16-18-20-22-24-25-26-27-28-29-30-31-32-33-35-37-39-41-43-45-57(77-50(5)68)63(73)65-55(59(78-51(6)69)56(76-49(4)67)44-42-40-38-36-34-23-21-19-17-15-13-11-2)46-75-64-62(81-54(9)72)61(80-53(8)71)60(79-52(7)70)58(82-64)47-74-48(3)66/h36,38,55-62,64H,10-35,37,39-47H2,1-9H3,(H,65,73)/b38-36-/t55-,56+,57?,58+,59-,60+,61-,62+,64+/m0/s1. The first-order valence-corrected chi connectivity index (χ1v) is 31.8. The molecular formula is C64H111NO17. The van der Waals surface area contributed by atoms with E-state index in [9.17, 15) is 38.4 Å². The Morgan fingerprint density at radius 2 is 0.829 bits per heavy atom. The number of hydrogen-bond donors (Lipinski definition) is 1. The van der Waals surface area contributed by atoms with Crippen molar-refractivity contribution in [2.45, 2.75) is 336 Å². The highest BCUT2D eigenvalue weighted by molar-refractivity contribution is 5.83. The van der Waals surface area contributed by atoms with Gasteiger partial charge in [0.05, 0.1) is 12.6 Å². The molecular weight excluding hydrogens is 1050 g/mol. The minimum atomic E-state index is -1.68. The van der Waals surface area contributed by atoms with Crippen LogP contribution in [0.4, 0.5) is 0 Å². The number of rotatable bonds is 50. The van der Waals surface area contributed by atoms with Gasteiger partial charge < -0.3 is 47.9 Å². The smallest absolute Gasteiger partial charge is 0.303 e. The first-order chi connectivity index (χ1) is 39.4. The highest BCUT2D eigenvalue weighted by Gasteiger charge is 2.53. The van der Waals surface area contributed by atoms with Crippen molar-refractivity contribution >= 4 is 47.7 Å². The number of amides is 1. The summed E-state index contributed by atoms with van der Waals surface area (Å²) in [5.41, 5.74) is 0. The summed E-state index contributed by atoms with van der Waals surface area (Å²) in [6, 6.07) is -1.37. The summed E-state index contributed by atoms with van der Waals surface area (Å²) in [4.78, 5) is 102. The minimum Gasteiger partial charge on any atom is -0.463 e. The molecule has 82 heavy (non-hydrogen) atoms. The number of unbranched alkanes of at least 4 members (excludes halogenated alkanes) is 29. The fraction of sp³-hybridized carbons (Fsp3) is 0.844. The first kappa shape index (κ1) is 75.4. The first-order valence-electron chi connectivity index (χ1n) is 31.8. The van der Waals surface area contributed by atoms with Gasteiger partial charge in [0.25, 0.3) is 5.91 Å². The third-order valence-electron chi connectivity index (χ3n) is 14.5. The Kier molecular flexibility index (Phi) is 44.9. The molecule has 1 aliphatic heterocycles. The highest BCUT2D eigenvalue weighted by atomic mass is 16.7. The van der Waals surface area contributed by atoms with Crippen LogP contribution in [0.3, 0.4) is 0 Å². The van der Waals surface area contributed by atoms with E-state index in [2.05, 4.69) is 31.3 Å². The molecule has 0 saturated carbocycles. The van der Waals surface area contributed by atoms with Crippen molar-refractivity contribution in [1.82, 2.24) is 5.32 Å². The van der Waals surface area contributed by atoms with Crippen molar-refractivity contribution < 1.29 is 81.0 Å². The molecule has 1 amide bonds. The number of nitrogens with one attached hydrogen (secondary N) is 1. The fourth-order valence-electron chi connectivity index (χ4n) is 10.4. The van der Waals surface area contributed by atoms with E-state index in [0.29, 0.717) is 19.3 Å². The highest BCUT2D eigenvalue weighted by Crippen LogP contribution is 2.31.